The lowest BCUT2D eigenvalue weighted by Crippen LogP contribution is -2.46. The van der Waals surface area contributed by atoms with Crippen molar-refractivity contribution in [2.24, 2.45) is 0 Å². The van der Waals surface area contributed by atoms with Gasteiger partial charge < -0.3 is 9.05 Å². The van der Waals surface area contributed by atoms with Crippen molar-refractivity contribution in [2.75, 3.05) is 13.2 Å². The van der Waals surface area contributed by atoms with Gasteiger partial charge >= 0.3 is 7.60 Å². The number of nitrogens with one attached hydrogen (secondary N) is 1. The summed E-state index contributed by atoms with van der Waals surface area (Å²) in [5.74, 6) is 0. The maximum Gasteiger partial charge on any atom is 0.355 e. The molecule has 0 amide bonds. The first-order valence-corrected chi connectivity index (χ1v) is 10.4. The van der Waals surface area contributed by atoms with E-state index in [-0.39, 0.29) is 13.2 Å². The zero-order valence-corrected chi connectivity index (χ0v) is 16.5. The van der Waals surface area contributed by atoms with E-state index in [1.165, 1.54) is 0 Å². The maximum absolute atomic E-state index is 13.5. The van der Waals surface area contributed by atoms with Gasteiger partial charge in [-0.15, -0.1) is 0 Å². The Morgan fingerprint density at radius 2 is 1.52 bits per heavy atom. The normalized spacial score (nSPS) is 16.8. The van der Waals surface area contributed by atoms with Crippen LogP contribution in [0.4, 0.5) is 0 Å². The molecule has 0 saturated heterocycles. The molecule has 0 heterocycles. The van der Waals surface area contributed by atoms with E-state index in [2.05, 4.69) is 4.72 Å². The molecule has 1 N–H and O–H groups in total. The molecule has 23 heavy (non-hydrogen) atoms. The molecule has 132 valence electrons. The summed E-state index contributed by atoms with van der Waals surface area (Å²) in [5, 5.41) is -1.21. The van der Waals surface area contributed by atoms with Gasteiger partial charge in [0.05, 0.1) is 28.9 Å². The van der Waals surface area contributed by atoms with Crippen molar-refractivity contribution in [1.29, 1.82) is 0 Å². The quantitative estimate of drug-likeness (QED) is 0.706. The van der Waals surface area contributed by atoms with Gasteiger partial charge in [0.15, 0.2) is 5.28 Å². The van der Waals surface area contributed by atoms with Crippen LogP contribution in [0.25, 0.3) is 0 Å². The highest BCUT2D eigenvalue weighted by atomic mass is 32.2. The summed E-state index contributed by atoms with van der Waals surface area (Å²) in [6.45, 7) is 11.3. The van der Waals surface area contributed by atoms with Gasteiger partial charge in [-0.25, -0.2) is 8.93 Å². The summed E-state index contributed by atoms with van der Waals surface area (Å²) in [7, 11) is -5.03. The summed E-state index contributed by atoms with van der Waals surface area (Å²) in [5.41, 5.74) is 0.711. The third kappa shape index (κ3) is 4.74. The van der Waals surface area contributed by atoms with Gasteiger partial charge in [0.1, 0.15) is 0 Å². The Kier molecular flexibility index (Phi) is 7.17. The molecule has 0 radical (unpaired) electrons. The van der Waals surface area contributed by atoms with Crippen molar-refractivity contribution in [2.45, 2.75) is 51.6 Å². The van der Waals surface area contributed by atoms with Crippen LogP contribution in [-0.2, 0) is 29.9 Å². The van der Waals surface area contributed by atoms with Gasteiger partial charge in [-0.2, -0.15) is 0 Å². The molecular formula is C16H28NO4PS. The van der Waals surface area contributed by atoms with Crippen LogP contribution < -0.4 is 4.72 Å². The molecule has 0 bridgehead atoms. The Morgan fingerprint density at radius 1 is 1.04 bits per heavy atom. The smallest absolute Gasteiger partial charge is 0.307 e. The highest BCUT2D eigenvalue weighted by Gasteiger charge is 2.50. The second kappa shape index (κ2) is 8.04. The van der Waals surface area contributed by atoms with Crippen LogP contribution in [0.1, 0.15) is 47.1 Å². The molecule has 0 aromatic heterocycles. The zero-order valence-electron chi connectivity index (χ0n) is 14.8. The third-order valence-corrected chi connectivity index (χ3v) is 7.85. The van der Waals surface area contributed by atoms with Gasteiger partial charge in [-0.1, -0.05) is 30.3 Å². The van der Waals surface area contributed by atoms with Crippen LogP contribution in [0.3, 0.4) is 0 Å². The van der Waals surface area contributed by atoms with Crippen molar-refractivity contribution in [3.63, 3.8) is 0 Å². The fourth-order valence-corrected chi connectivity index (χ4v) is 5.22. The monoisotopic (exact) mass is 361 g/mol. The van der Waals surface area contributed by atoms with E-state index in [1.54, 1.807) is 20.8 Å². The lowest BCUT2D eigenvalue weighted by atomic mass is 10.1. The van der Waals surface area contributed by atoms with Crippen LogP contribution in [-0.4, -0.2) is 22.2 Å². The van der Waals surface area contributed by atoms with Crippen molar-refractivity contribution in [3.8, 4) is 0 Å². The number of benzene rings is 1. The molecule has 2 atom stereocenters. The third-order valence-electron chi connectivity index (χ3n) is 3.33. The average molecular weight is 361 g/mol. The first-order chi connectivity index (χ1) is 10.6. The summed E-state index contributed by atoms with van der Waals surface area (Å²) < 4.78 is 39.7. The molecule has 0 saturated carbocycles. The molecule has 0 aliphatic rings. The van der Waals surface area contributed by atoms with E-state index in [4.69, 9.17) is 9.05 Å². The van der Waals surface area contributed by atoms with Gasteiger partial charge in [-0.3, -0.25) is 4.57 Å². The molecular weight excluding hydrogens is 333 g/mol. The summed E-state index contributed by atoms with van der Waals surface area (Å²) in [4.78, 5) is 0. The summed E-state index contributed by atoms with van der Waals surface area (Å²) in [6.07, 6.45) is 0. The standard InChI is InChI=1S/C16H28NO4PS/c1-7-20-22(18,21-8-2)16(6,14-12-10-9-11-13-14)17-23(19)15(3,4)5/h9-13,17H,7-8H2,1-6H3/t16-,23?/m1/s1. The molecule has 1 rings (SSSR count). The Bertz CT molecular complexity index is 563. The fourth-order valence-electron chi connectivity index (χ4n) is 2.00. The van der Waals surface area contributed by atoms with E-state index in [1.807, 2.05) is 51.1 Å². The first-order valence-electron chi connectivity index (χ1n) is 7.75. The molecule has 7 heteroatoms. The number of hydrogen-bond acceptors (Lipinski definition) is 4. The average Bonchev–Trinajstić information content (AvgIpc) is 2.47. The molecule has 0 spiro atoms. The molecule has 0 aliphatic carbocycles. The van der Waals surface area contributed by atoms with Crippen molar-refractivity contribution in [3.05, 3.63) is 35.9 Å². The highest BCUT2D eigenvalue weighted by Crippen LogP contribution is 2.63. The Morgan fingerprint density at radius 3 is 1.91 bits per heavy atom. The summed E-state index contributed by atoms with van der Waals surface area (Å²) in [6, 6.07) is 9.22. The maximum atomic E-state index is 13.5. The van der Waals surface area contributed by atoms with Gasteiger partial charge in [-0.05, 0) is 47.1 Å². The van der Waals surface area contributed by atoms with Gasteiger partial charge in [0.2, 0.25) is 0 Å². The second-order valence-corrected chi connectivity index (χ2v) is 10.6. The van der Waals surface area contributed by atoms with Crippen LogP contribution in [0.15, 0.2) is 30.3 Å². The highest BCUT2D eigenvalue weighted by molar-refractivity contribution is 7.84. The van der Waals surface area contributed by atoms with Crippen LogP contribution in [0, 0.1) is 0 Å². The minimum absolute atomic E-state index is 0.240. The van der Waals surface area contributed by atoms with Gasteiger partial charge in [0.25, 0.3) is 0 Å². The molecule has 0 fully saturated rings. The first kappa shape index (κ1) is 20.5. The summed E-state index contributed by atoms with van der Waals surface area (Å²) >= 11 is 0. The SMILES string of the molecule is CCOP(=O)(OCC)[C@@](C)(NS(=O)C(C)(C)C)c1ccccc1. The van der Waals surface area contributed by atoms with E-state index in [0.29, 0.717) is 5.56 Å². The number of hydrogen-bond donors (Lipinski definition) is 1. The van der Waals surface area contributed by atoms with Crippen LogP contribution >= 0.6 is 7.60 Å². The second-order valence-electron chi connectivity index (χ2n) is 6.25. The minimum atomic E-state index is -3.59. The zero-order chi connectivity index (χ0) is 17.7. The Hall–Kier alpha value is -0.520. The largest absolute Gasteiger partial charge is 0.355 e. The van der Waals surface area contributed by atoms with Crippen LogP contribution in [0.2, 0.25) is 0 Å². The van der Waals surface area contributed by atoms with Crippen molar-refractivity contribution < 1.29 is 17.8 Å². The van der Waals surface area contributed by atoms with Gasteiger partial charge in [0, 0.05) is 0 Å². The van der Waals surface area contributed by atoms with Crippen LogP contribution in [0.5, 0.6) is 0 Å². The molecule has 5 nitrogen and oxygen atoms in total. The van der Waals surface area contributed by atoms with E-state index < -0.39 is 28.6 Å². The lowest BCUT2D eigenvalue weighted by molar-refractivity contribution is 0.195. The Balaban J connectivity index is 3.42. The topological polar surface area (TPSA) is 64.6 Å². The van der Waals surface area contributed by atoms with Crippen molar-refractivity contribution in [1.82, 2.24) is 4.72 Å². The van der Waals surface area contributed by atoms with Crippen molar-refractivity contribution >= 4 is 18.6 Å². The Labute approximate surface area is 142 Å². The lowest BCUT2D eigenvalue weighted by Gasteiger charge is -2.38. The fraction of sp³-hybridized carbons (Fsp3) is 0.625. The van der Waals surface area contributed by atoms with E-state index in [9.17, 15) is 8.77 Å². The minimum Gasteiger partial charge on any atom is -0.307 e. The molecule has 1 aromatic rings. The molecule has 0 aliphatic heterocycles. The predicted molar refractivity (Wildman–Crippen MR) is 95.7 cm³/mol. The molecule has 1 unspecified atom stereocenters. The predicted octanol–water partition coefficient (Wildman–Crippen LogP) is 4.18. The van der Waals surface area contributed by atoms with E-state index in [0.717, 1.165) is 0 Å². The number of rotatable bonds is 8. The molecule has 1 aromatic carbocycles. The van der Waals surface area contributed by atoms with E-state index >= 15 is 0 Å².